The highest BCUT2D eigenvalue weighted by Crippen LogP contribution is 2.78. The normalized spacial score (nSPS) is 39.0. The van der Waals surface area contributed by atoms with Crippen molar-refractivity contribution in [2.45, 2.75) is 164 Å². The maximum atomic E-state index is 14.0. The van der Waals surface area contributed by atoms with Gasteiger partial charge in [0.15, 0.2) is 0 Å². The molecule has 56 heavy (non-hydrogen) atoms. The Labute approximate surface area is 337 Å². The van der Waals surface area contributed by atoms with Gasteiger partial charge >= 0.3 is 11.9 Å². The Kier molecular flexibility index (Phi) is 10.9. The summed E-state index contributed by atoms with van der Waals surface area (Å²) in [5.74, 6) is 2.35. The van der Waals surface area contributed by atoms with Crippen molar-refractivity contribution in [3.63, 3.8) is 0 Å². The second-order valence-corrected chi connectivity index (χ2v) is 21.8. The lowest BCUT2D eigenvalue weighted by molar-refractivity contribution is -0.250. The SMILES string of the molecule is C=C(C)[C@@H]1CC[C@]2(CC(=O)NCc3ccc(N4CCCCC4)nc3)CC[C@]3(C)[C@H](CC[C@@H]4[C@@]5(C)CC[C@H](OC(=O)CC(C)(C)C(=O)O)C(C)(C)[C@@H]5CC[C@]43C)[C@@H]12. The molecule has 2 N–H and O–H groups in total. The number of carbonyl (C=O) groups is 3. The van der Waals surface area contributed by atoms with E-state index in [1.165, 1.54) is 50.5 Å². The second-order valence-electron chi connectivity index (χ2n) is 21.8. The third-order valence-electron chi connectivity index (χ3n) is 18.1. The van der Waals surface area contributed by atoms with Crippen LogP contribution in [0.3, 0.4) is 0 Å². The third-order valence-corrected chi connectivity index (χ3v) is 18.1. The summed E-state index contributed by atoms with van der Waals surface area (Å²) in [4.78, 5) is 46.0. The number of hydrogen-bond acceptors (Lipinski definition) is 6. The number of anilines is 1. The molecule has 5 saturated carbocycles. The summed E-state index contributed by atoms with van der Waals surface area (Å²) in [6, 6.07) is 4.25. The van der Waals surface area contributed by atoms with Gasteiger partial charge in [-0.05, 0) is 167 Å². The van der Waals surface area contributed by atoms with E-state index in [4.69, 9.17) is 9.72 Å². The average molecular weight is 772 g/mol. The minimum absolute atomic E-state index is 0.0116. The van der Waals surface area contributed by atoms with E-state index in [0.717, 1.165) is 63.0 Å². The molecule has 2 heterocycles. The third kappa shape index (κ3) is 6.82. The van der Waals surface area contributed by atoms with E-state index in [0.29, 0.717) is 42.6 Å². The van der Waals surface area contributed by atoms with E-state index >= 15 is 0 Å². The Morgan fingerprint density at radius 3 is 2.30 bits per heavy atom. The van der Waals surface area contributed by atoms with Gasteiger partial charge in [-0.3, -0.25) is 14.4 Å². The number of amides is 1. The smallest absolute Gasteiger partial charge is 0.309 e. The monoisotopic (exact) mass is 772 g/mol. The van der Waals surface area contributed by atoms with Crippen molar-refractivity contribution < 1.29 is 24.2 Å². The largest absolute Gasteiger partial charge is 0.481 e. The van der Waals surface area contributed by atoms with Crippen LogP contribution in [0.2, 0.25) is 0 Å². The van der Waals surface area contributed by atoms with Gasteiger partial charge in [-0.2, -0.15) is 0 Å². The number of carboxylic acid groups (broad SMARTS) is 1. The Morgan fingerprint density at radius 1 is 0.911 bits per heavy atom. The van der Waals surface area contributed by atoms with Crippen LogP contribution in [-0.4, -0.2) is 47.1 Å². The lowest BCUT2D eigenvalue weighted by atomic mass is 9.32. The van der Waals surface area contributed by atoms with Crippen molar-refractivity contribution in [2.24, 2.45) is 62.1 Å². The van der Waals surface area contributed by atoms with Crippen LogP contribution in [0, 0.1) is 62.1 Å². The topological polar surface area (TPSA) is 109 Å². The summed E-state index contributed by atoms with van der Waals surface area (Å²) in [7, 11) is 0. The van der Waals surface area contributed by atoms with Crippen LogP contribution in [0.1, 0.15) is 157 Å². The molecule has 10 atom stereocenters. The fourth-order valence-electron chi connectivity index (χ4n) is 14.8. The van der Waals surface area contributed by atoms with Gasteiger partial charge in [-0.15, -0.1) is 0 Å². The first-order chi connectivity index (χ1) is 26.3. The first-order valence-electron chi connectivity index (χ1n) is 22.3. The quantitative estimate of drug-likeness (QED) is 0.180. The summed E-state index contributed by atoms with van der Waals surface area (Å²) in [5, 5.41) is 13.0. The molecule has 5 aliphatic carbocycles. The molecule has 6 aliphatic rings. The van der Waals surface area contributed by atoms with Crippen molar-refractivity contribution in [1.29, 1.82) is 0 Å². The molecule has 0 radical (unpaired) electrons. The number of nitrogens with one attached hydrogen (secondary N) is 1. The summed E-state index contributed by atoms with van der Waals surface area (Å²) < 4.78 is 6.20. The van der Waals surface area contributed by atoms with Crippen molar-refractivity contribution >= 4 is 23.7 Å². The molecule has 7 rings (SSSR count). The summed E-state index contributed by atoms with van der Waals surface area (Å²) in [6.45, 7) is 25.2. The zero-order valence-corrected chi connectivity index (χ0v) is 36.1. The molecule has 8 heteroatoms. The Bertz CT molecular complexity index is 1680. The number of allylic oxidation sites excluding steroid dienone is 1. The molecule has 0 bridgehead atoms. The van der Waals surface area contributed by atoms with E-state index in [1.807, 2.05) is 6.20 Å². The molecular weight excluding hydrogens is 699 g/mol. The van der Waals surface area contributed by atoms with Crippen molar-refractivity contribution in [1.82, 2.24) is 10.3 Å². The Morgan fingerprint density at radius 2 is 1.64 bits per heavy atom. The summed E-state index contributed by atoms with van der Waals surface area (Å²) in [5.41, 5.74) is 1.50. The minimum Gasteiger partial charge on any atom is -0.481 e. The molecule has 1 amide bonds. The second kappa shape index (κ2) is 14.7. The summed E-state index contributed by atoms with van der Waals surface area (Å²) in [6.07, 6.45) is 17.1. The van der Waals surface area contributed by atoms with Gasteiger partial charge < -0.3 is 20.1 Å². The fraction of sp³-hybridized carbons (Fsp3) is 0.792. The van der Waals surface area contributed by atoms with Crippen LogP contribution in [-0.2, 0) is 25.7 Å². The molecule has 1 aromatic rings. The number of piperidine rings is 1. The highest BCUT2D eigenvalue weighted by molar-refractivity contribution is 5.81. The van der Waals surface area contributed by atoms with E-state index < -0.39 is 17.4 Å². The number of pyridine rings is 1. The molecule has 0 unspecified atom stereocenters. The van der Waals surface area contributed by atoms with Gasteiger partial charge in [0.05, 0.1) is 11.8 Å². The number of nitrogens with zero attached hydrogens (tertiary/aromatic N) is 2. The lowest BCUT2D eigenvalue weighted by Crippen LogP contribution is -2.67. The number of rotatable bonds is 10. The zero-order chi connectivity index (χ0) is 40.5. The number of hydrogen-bond donors (Lipinski definition) is 2. The van der Waals surface area contributed by atoms with Crippen molar-refractivity contribution in [3.8, 4) is 0 Å². The molecule has 0 aromatic carbocycles. The fourth-order valence-corrected chi connectivity index (χ4v) is 14.8. The number of fused-ring (bicyclic) bond motifs is 7. The molecule has 310 valence electrons. The van der Waals surface area contributed by atoms with E-state index in [1.54, 1.807) is 13.8 Å². The maximum absolute atomic E-state index is 14.0. The standard InChI is InChI=1S/C48H73N3O5/c1-31(2)33-17-22-48(27-39(52)50-30-32-13-16-38(49-29-32)51-25-11-10-12-26-51)24-23-46(8)34(41(33)48)14-15-36-45(7)20-19-37(56-40(53)28-43(3,4)42(54)55)44(5,6)35(45)18-21-47(36,46)9/h13,16,29,33-37,41H,1,10-12,14-15,17-28,30H2,2-9H3,(H,50,52)(H,54,55)/t33-,34+,35-,36+,37-,41+,45-,46+,47+,48+/m0/s1. The molecule has 1 saturated heterocycles. The van der Waals surface area contributed by atoms with Crippen LogP contribution in [0.15, 0.2) is 30.5 Å². The number of aromatic nitrogens is 1. The Hall–Kier alpha value is -2.90. The van der Waals surface area contributed by atoms with Crippen LogP contribution in [0.5, 0.6) is 0 Å². The number of carbonyl (C=O) groups excluding carboxylic acids is 2. The van der Waals surface area contributed by atoms with Gasteiger partial charge in [0.1, 0.15) is 11.9 Å². The van der Waals surface area contributed by atoms with Gasteiger partial charge in [0, 0.05) is 37.7 Å². The lowest BCUT2D eigenvalue weighted by Gasteiger charge is -2.73. The van der Waals surface area contributed by atoms with Gasteiger partial charge in [0.2, 0.25) is 5.91 Å². The molecular formula is C48H73N3O5. The summed E-state index contributed by atoms with van der Waals surface area (Å²) >= 11 is 0. The average Bonchev–Trinajstić information content (AvgIpc) is 3.52. The number of esters is 1. The molecule has 8 nitrogen and oxygen atoms in total. The number of carboxylic acids is 1. The molecule has 0 spiro atoms. The van der Waals surface area contributed by atoms with Gasteiger partial charge in [0.25, 0.3) is 0 Å². The molecule has 6 fully saturated rings. The highest BCUT2D eigenvalue weighted by Gasteiger charge is 2.71. The predicted molar refractivity (Wildman–Crippen MR) is 222 cm³/mol. The molecule has 1 aromatic heterocycles. The minimum atomic E-state index is -1.15. The highest BCUT2D eigenvalue weighted by atomic mass is 16.5. The Balaban J connectivity index is 1.06. The van der Waals surface area contributed by atoms with Gasteiger partial charge in [-0.1, -0.05) is 52.8 Å². The first kappa shape index (κ1) is 41.3. The van der Waals surface area contributed by atoms with Crippen LogP contribution < -0.4 is 10.2 Å². The predicted octanol–water partition coefficient (Wildman–Crippen LogP) is 10.1. The van der Waals surface area contributed by atoms with E-state index in [2.05, 4.69) is 70.5 Å². The van der Waals surface area contributed by atoms with E-state index in [9.17, 15) is 19.5 Å². The van der Waals surface area contributed by atoms with Crippen LogP contribution >= 0.6 is 0 Å². The van der Waals surface area contributed by atoms with Crippen LogP contribution in [0.4, 0.5) is 5.82 Å². The number of aliphatic carboxylic acids is 1. The first-order valence-corrected chi connectivity index (χ1v) is 22.3. The zero-order valence-electron chi connectivity index (χ0n) is 36.1. The van der Waals surface area contributed by atoms with Gasteiger partial charge in [-0.25, -0.2) is 4.98 Å². The number of ether oxygens (including phenoxy) is 1. The van der Waals surface area contributed by atoms with Crippen molar-refractivity contribution in [3.05, 3.63) is 36.0 Å². The van der Waals surface area contributed by atoms with Crippen molar-refractivity contribution in [2.75, 3.05) is 18.0 Å². The van der Waals surface area contributed by atoms with Crippen LogP contribution in [0.25, 0.3) is 0 Å². The maximum Gasteiger partial charge on any atom is 0.309 e. The van der Waals surface area contributed by atoms with E-state index in [-0.39, 0.29) is 45.5 Å². The molecule has 1 aliphatic heterocycles.